The molecule has 118 valence electrons. The topological polar surface area (TPSA) is 46.1 Å². The first kappa shape index (κ1) is 15.6. The van der Waals surface area contributed by atoms with Crippen molar-refractivity contribution in [1.29, 1.82) is 0 Å². The molecule has 0 unspecified atom stereocenters. The molecule has 1 aromatic carbocycles. The summed E-state index contributed by atoms with van der Waals surface area (Å²) in [5, 5.41) is 4.13. The highest BCUT2D eigenvalue weighted by Gasteiger charge is 2.20. The Bertz CT molecular complexity index is 794. The molecule has 2 heterocycles. The zero-order chi connectivity index (χ0) is 16.2. The fourth-order valence-corrected chi connectivity index (χ4v) is 3.26. The van der Waals surface area contributed by atoms with Crippen LogP contribution in [-0.4, -0.2) is 27.3 Å². The predicted molar refractivity (Wildman–Crippen MR) is 93.4 cm³/mol. The molecule has 3 rings (SSSR count). The number of aromatic nitrogens is 2. The molecular weight excluding hydrogens is 306 g/mol. The number of benzene rings is 1. The van der Waals surface area contributed by atoms with Crippen molar-refractivity contribution in [3.8, 4) is 0 Å². The van der Waals surface area contributed by atoms with Crippen LogP contribution in [0.4, 0.5) is 0 Å². The first-order valence-electron chi connectivity index (χ1n) is 7.65. The van der Waals surface area contributed by atoms with Crippen LogP contribution in [0.25, 0.3) is 11.0 Å². The molecule has 23 heavy (non-hydrogen) atoms. The van der Waals surface area contributed by atoms with Crippen molar-refractivity contribution in [3.05, 3.63) is 58.5 Å². The molecule has 2 aromatic heterocycles. The number of para-hydroxylation sites is 1. The number of thiophene rings is 1. The molecule has 0 aliphatic rings. The molecule has 0 radical (unpaired) electrons. The number of carbonyl (C=O) groups excluding carboxylic acids is 1. The molecule has 0 aliphatic heterocycles. The summed E-state index contributed by atoms with van der Waals surface area (Å²) in [4.78, 5) is 23.6. The Hall–Kier alpha value is -2.27. The first-order valence-corrected chi connectivity index (χ1v) is 8.59. The van der Waals surface area contributed by atoms with E-state index in [0.717, 1.165) is 11.1 Å². The Kier molecular flexibility index (Phi) is 4.67. The van der Waals surface area contributed by atoms with E-state index in [9.17, 15) is 4.79 Å². The van der Waals surface area contributed by atoms with Crippen molar-refractivity contribution in [2.75, 3.05) is 6.54 Å². The fraction of sp³-hybridized carbons (Fsp3) is 0.278. The third kappa shape index (κ3) is 3.56. The van der Waals surface area contributed by atoms with Gasteiger partial charge in [-0.05, 0) is 40.4 Å². The molecule has 0 atom stereocenters. The van der Waals surface area contributed by atoms with E-state index in [1.54, 1.807) is 23.7 Å². The molecule has 0 fully saturated rings. The Labute approximate surface area is 139 Å². The van der Waals surface area contributed by atoms with Crippen LogP contribution < -0.4 is 0 Å². The summed E-state index contributed by atoms with van der Waals surface area (Å²) in [5.74, 6) is 0.412. The number of rotatable bonds is 5. The van der Waals surface area contributed by atoms with Crippen LogP contribution in [0.15, 0.2) is 47.4 Å². The lowest BCUT2D eigenvalue weighted by Crippen LogP contribution is -2.33. The lowest BCUT2D eigenvalue weighted by atomic mass is 10.1. The van der Waals surface area contributed by atoms with Gasteiger partial charge in [-0.15, -0.1) is 0 Å². The molecule has 0 spiro atoms. The molecular formula is C18H19N3OS. The van der Waals surface area contributed by atoms with Gasteiger partial charge < -0.3 is 4.90 Å². The normalized spacial score (nSPS) is 11.1. The summed E-state index contributed by atoms with van der Waals surface area (Å²) in [6, 6.07) is 7.64. The monoisotopic (exact) mass is 325 g/mol. The van der Waals surface area contributed by atoms with Crippen molar-refractivity contribution < 1.29 is 4.79 Å². The van der Waals surface area contributed by atoms with Crippen LogP contribution in [0, 0.1) is 5.92 Å². The van der Waals surface area contributed by atoms with E-state index in [1.807, 2.05) is 28.5 Å². The second-order valence-electron chi connectivity index (χ2n) is 5.94. The van der Waals surface area contributed by atoms with Crippen molar-refractivity contribution in [2.24, 2.45) is 5.92 Å². The van der Waals surface area contributed by atoms with Crippen LogP contribution in [-0.2, 0) is 6.54 Å². The lowest BCUT2D eigenvalue weighted by molar-refractivity contribution is 0.0724. The Morgan fingerprint density at radius 2 is 2.04 bits per heavy atom. The highest BCUT2D eigenvalue weighted by atomic mass is 32.1. The summed E-state index contributed by atoms with van der Waals surface area (Å²) in [7, 11) is 0. The number of hydrogen-bond acceptors (Lipinski definition) is 4. The quantitative estimate of drug-likeness (QED) is 0.712. The number of hydrogen-bond donors (Lipinski definition) is 0. The highest BCUT2D eigenvalue weighted by molar-refractivity contribution is 7.07. The molecule has 0 aliphatic carbocycles. The fourth-order valence-electron chi connectivity index (χ4n) is 2.60. The van der Waals surface area contributed by atoms with E-state index >= 15 is 0 Å². The minimum Gasteiger partial charge on any atom is -0.334 e. The molecule has 0 N–H and O–H groups in total. The maximum Gasteiger partial charge on any atom is 0.256 e. The van der Waals surface area contributed by atoms with Crippen LogP contribution >= 0.6 is 11.3 Å². The molecule has 4 nitrogen and oxygen atoms in total. The third-order valence-corrected chi connectivity index (χ3v) is 4.29. The third-order valence-electron chi connectivity index (χ3n) is 3.56. The number of amides is 1. The summed E-state index contributed by atoms with van der Waals surface area (Å²) in [5.41, 5.74) is 3.19. The average molecular weight is 325 g/mol. The molecule has 0 bridgehead atoms. The molecule has 0 saturated heterocycles. The largest absolute Gasteiger partial charge is 0.334 e. The van der Waals surface area contributed by atoms with Crippen LogP contribution in [0.5, 0.6) is 0 Å². The summed E-state index contributed by atoms with van der Waals surface area (Å²) < 4.78 is 0. The van der Waals surface area contributed by atoms with Gasteiger partial charge in [0.25, 0.3) is 5.91 Å². The van der Waals surface area contributed by atoms with Crippen molar-refractivity contribution in [2.45, 2.75) is 20.4 Å². The van der Waals surface area contributed by atoms with Gasteiger partial charge in [-0.2, -0.15) is 11.3 Å². The maximum absolute atomic E-state index is 13.1. The van der Waals surface area contributed by atoms with E-state index in [0.29, 0.717) is 30.1 Å². The zero-order valence-corrected chi connectivity index (χ0v) is 14.1. The van der Waals surface area contributed by atoms with Crippen molar-refractivity contribution in [3.63, 3.8) is 0 Å². The highest BCUT2D eigenvalue weighted by Crippen LogP contribution is 2.19. The van der Waals surface area contributed by atoms with E-state index in [4.69, 9.17) is 0 Å². The van der Waals surface area contributed by atoms with Gasteiger partial charge in [0.05, 0.1) is 11.1 Å². The number of nitrogens with zero attached hydrogens (tertiary/aromatic N) is 3. The maximum atomic E-state index is 13.1. The SMILES string of the molecule is CC(C)CN(Cc1ccsc1)C(=O)c1cccc2nccnc12. The summed E-state index contributed by atoms with van der Waals surface area (Å²) in [6.45, 7) is 5.58. The van der Waals surface area contributed by atoms with Crippen LogP contribution in [0.1, 0.15) is 29.8 Å². The van der Waals surface area contributed by atoms with Crippen LogP contribution in [0.2, 0.25) is 0 Å². The molecule has 3 aromatic rings. The van der Waals surface area contributed by atoms with Gasteiger partial charge in [0.15, 0.2) is 0 Å². The van der Waals surface area contributed by atoms with Gasteiger partial charge in [-0.3, -0.25) is 14.8 Å². The van der Waals surface area contributed by atoms with Gasteiger partial charge in [-0.1, -0.05) is 19.9 Å². The van der Waals surface area contributed by atoms with Crippen molar-refractivity contribution in [1.82, 2.24) is 14.9 Å². The second kappa shape index (κ2) is 6.87. The Morgan fingerprint density at radius 3 is 2.78 bits per heavy atom. The number of carbonyl (C=O) groups is 1. The van der Waals surface area contributed by atoms with Crippen LogP contribution in [0.3, 0.4) is 0 Å². The molecule has 1 amide bonds. The lowest BCUT2D eigenvalue weighted by Gasteiger charge is -2.24. The number of fused-ring (bicyclic) bond motifs is 1. The Morgan fingerprint density at radius 1 is 1.22 bits per heavy atom. The van der Waals surface area contributed by atoms with Gasteiger partial charge in [-0.25, -0.2) is 0 Å². The summed E-state index contributed by atoms with van der Waals surface area (Å²) in [6.07, 6.45) is 3.28. The van der Waals surface area contributed by atoms with Crippen molar-refractivity contribution >= 4 is 28.3 Å². The second-order valence-corrected chi connectivity index (χ2v) is 6.72. The van der Waals surface area contributed by atoms with Gasteiger partial charge in [0, 0.05) is 25.5 Å². The molecule has 0 saturated carbocycles. The first-order chi connectivity index (χ1) is 11.1. The van der Waals surface area contributed by atoms with Gasteiger partial charge in [0.2, 0.25) is 0 Å². The smallest absolute Gasteiger partial charge is 0.256 e. The standard InChI is InChI=1S/C18H19N3OS/c1-13(2)10-21(11-14-6-9-23-12-14)18(22)15-4-3-5-16-17(15)20-8-7-19-16/h3-9,12-13H,10-11H2,1-2H3. The zero-order valence-electron chi connectivity index (χ0n) is 13.3. The van der Waals surface area contributed by atoms with Gasteiger partial charge in [0.1, 0.15) is 5.52 Å². The van der Waals surface area contributed by atoms with E-state index in [-0.39, 0.29) is 5.91 Å². The predicted octanol–water partition coefficient (Wildman–Crippen LogP) is 3.99. The molecule has 5 heteroatoms. The average Bonchev–Trinajstić information content (AvgIpc) is 3.05. The van der Waals surface area contributed by atoms with E-state index in [2.05, 4.69) is 35.3 Å². The summed E-state index contributed by atoms with van der Waals surface area (Å²) >= 11 is 1.65. The van der Waals surface area contributed by atoms with Gasteiger partial charge >= 0.3 is 0 Å². The van der Waals surface area contributed by atoms with E-state index in [1.165, 1.54) is 0 Å². The Balaban J connectivity index is 1.95. The minimum absolute atomic E-state index is 0.0102. The van der Waals surface area contributed by atoms with E-state index < -0.39 is 0 Å². The minimum atomic E-state index is 0.0102.